The summed E-state index contributed by atoms with van der Waals surface area (Å²) in [7, 11) is 0. The number of ether oxygens (including phenoxy) is 1. The Bertz CT molecular complexity index is 449. The molecule has 0 aliphatic carbocycles. The van der Waals surface area contributed by atoms with E-state index < -0.39 is 10.9 Å². The van der Waals surface area contributed by atoms with Crippen LogP contribution < -0.4 is 0 Å². The minimum absolute atomic E-state index is 0.0235. The van der Waals surface area contributed by atoms with Gasteiger partial charge in [0.15, 0.2) is 0 Å². The van der Waals surface area contributed by atoms with Crippen molar-refractivity contribution in [3.8, 4) is 0 Å². The summed E-state index contributed by atoms with van der Waals surface area (Å²) in [5.41, 5.74) is -0.358. The molecule has 86 valence electrons. The first-order valence-electron chi connectivity index (χ1n) is 4.28. The fourth-order valence-corrected chi connectivity index (χ4v) is 1.77. The standard InChI is InChI=1S/C9H7BrClNO4/c1-2-16-9(13)6-3-5(10)4-7(8(6)11)12(14)15/h3-4H,2H2,1H3. The summed E-state index contributed by atoms with van der Waals surface area (Å²) >= 11 is 8.81. The van der Waals surface area contributed by atoms with Crippen molar-refractivity contribution in [2.75, 3.05) is 6.61 Å². The molecule has 1 rings (SSSR count). The zero-order valence-electron chi connectivity index (χ0n) is 8.20. The van der Waals surface area contributed by atoms with Crippen LogP contribution in [0, 0.1) is 10.1 Å². The number of nitro groups is 1. The van der Waals surface area contributed by atoms with Gasteiger partial charge in [-0.05, 0) is 13.0 Å². The molecule has 0 atom stereocenters. The van der Waals surface area contributed by atoms with Gasteiger partial charge in [0, 0.05) is 10.5 Å². The Morgan fingerprint density at radius 2 is 2.25 bits per heavy atom. The molecule has 16 heavy (non-hydrogen) atoms. The van der Waals surface area contributed by atoms with E-state index in [0.29, 0.717) is 4.47 Å². The Labute approximate surface area is 105 Å². The Morgan fingerprint density at radius 3 is 2.75 bits per heavy atom. The maximum absolute atomic E-state index is 11.4. The Hall–Kier alpha value is -1.14. The van der Waals surface area contributed by atoms with Crippen LogP contribution in [0.1, 0.15) is 17.3 Å². The molecule has 0 heterocycles. The van der Waals surface area contributed by atoms with Crippen LogP contribution in [0.2, 0.25) is 5.02 Å². The average Bonchev–Trinajstić information content (AvgIpc) is 2.20. The van der Waals surface area contributed by atoms with E-state index in [9.17, 15) is 14.9 Å². The molecule has 7 heteroatoms. The molecule has 0 amide bonds. The quantitative estimate of drug-likeness (QED) is 0.488. The highest BCUT2D eigenvalue weighted by molar-refractivity contribution is 9.10. The molecule has 0 N–H and O–H groups in total. The van der Waals surface area contributed by atoms with Gasteiger partial charge in [0.25, 0.3) is 5.69 Å². The number of hydrogen-bond donors (Lipinski definition) is 0. The predicted molar refractivity (Wildman–Crippen MR) is 61.8 cm³/mol. The van der Waals surface area contributed by atoms with Crippen molar-refractivity contribution in [1.29, 1.82) is 0 Å². The number of carbonyl (C=O) groups excluding carboxylic acids is 1. The van der Waals surface area contributed by atoms with E-state index in [4.69, 9.17) is 16.3 Å². The second-order valence-corrected chi connectivity index (χ2v) is 4.06. The molecule has 0 saturated heterocycles. The highest BCUT2D eigenvalue weighted by Crippen LogP contribution is 2.32. The molecular weight excluding hydrogens is 301 g/mol. The predicted octanol–water partition coefficient (Wildman–Crippen LogP) is 3.19. The fraction of sp³-hybridized carbons (Fsp3) is 0.222. The monoisotopic (exact) mass is 307 g/mol. The summed E-state index contributed by atoms with van der Waals surface area (Å²) in [6.07, 6.45) is 0. The molecule has 0 radical (unpaired) electrons. The van der Waals surface area contributed by atoms with Crippen molar-refractivity contribution in [3.63, 3.8) is 0 Å². The lowest BCUT2D eigenvalue weighted by molar-refractivity contribution is -0.384. The molecule has 0 spiro atoms. The molecule has 0 fully saturated rings. The molecule has 0 saturated carbocycles. The fourth-order valence-electron chi connectivity index (χ4n) is 1.07. The smallest absolute Gasteiger partial charge is 0.339 e. The zero-order chi connectivity index (χ0) is 12.3. The van der Waals surface area contributed by atoms with Crippen LogP contribution in [0.15, 0.2) is 16.6 Å². The number of rotatable bonds is 3. The second-order valence-electron chi connectivity index (χ2n) is 2.76. The van der Waals surface area contributed by atoms with Gasteiger partial charge in [-0.25, -0.2) is 4.79 Å². The van der Waals surface area contributed by atoms with Crippen molar-refractivity contribution in [2.24, 2.45) is 0 Å². The van der Waals surface area contributed by atoms with E-state index in [1.807, 2.05) is 0 Å². The van der Waals surface area contributed by atoms with Gasteiger partial charge in [-0.1, -0.05) is 27.5 Å². The minimum atomic E-state index is -0.683. The first-order chi connectivity index (χ1) is 7.47. The van der Waals surface area contributed by atoms with Crippen LogP contribution in [-0.2, 0) is 4.74 Å². The van der Waals surface area contributed by atoms with E-state index in [0.717, 1.165) is 0 Å². The highest BCUT2D eigenvalue weighted by atomic mass is 79.9. The second kappa shape index (κ2) is 5.27. The number of benzene rings is 1. The number of nitrogens with zero attached hydrogens (tertiary/aromatic N) is 1. The summed E-state index contributed by atoms with van der Waals surface area (Å²) in [5, 5.41) is 10.4. The van der Waals surface area contributed by atoms with E-state index in [2.05, 4.69) is 15.9 Å². The van der Waals surface area contributed by atoms with Gasteiger partial charge in [-0.15, -0.1) is 0 Å². The van der Waals surface area contributed by atoms with Crippen LogP contribution in [0.25, 0.3) is 0 Å². The first kappa shape index (κ1) is 12.9. The van der Waals surface area contributed by atoms with Crippen molar-refractivity contribution < 1.29 is 14.5 Å². The summed E-state index contributed by atoms with van der Waals surface area (Å²) in [4.78, 5) is 21.4. The van der Waals surface area contributed by atoms with Gasteiger partial charge in [0.2, 0.25) is 0 Å². The molecular formula is C9H7BrClNO4. The van der Waals surface area contributed by atoms with Crippen LogP contribution in [0.3, 0.4) is 0 Å². The van der Waals surface area contributed by atoms with Gasteiger partial charge in [-0.2, -0.15) is 0 Å². The normalized spacial score (nSPS) is 9.94. The average molecular weight is 309 g/mol. The minimum Gasteiger partial charge on any atom is -0.462 e. The Morgan fingerprint density at radius 1 is 1.62 bits per heavy atom. The van der Waals surface area contributed by atoms with Crippen molar-refractivity contribution in [2.45, 2.75) is 6.92 Å². The summed E-state index contributed by atoms with van der Waals surface area (Å²) < 4.78 is 5.13. The molecule has 0 aromatic heterocycles. The molecule has 0 bridgehead atoms. The van der Waals surface area contributed by atoms with Gasteiger partial charge in [0.05, 0.1) is 17.1 Å². The summed E-state index contributed by atoms with van der Waals surface area (Å²) in [6.45, 7) is 1.81. The molecule has 0 aliphatic rings. The SMILES string of the molecule is CCOC(=O)c1cc(Br)cc([N+](=O)[O-])c1Cl. The van der Waals surface area contributed by atoms with Crippen LogP contribution in [0.5, 0.6) is 0 Å². The Balaban J connectivity index is 3.29. The lowest BCUT2D eigenvalue weighted by Gasteiger charge is -2.05. The third kappa shape index (κ3) is 2.70. The van der Waals surface area contributed by atoms with Gasteiger partial charge < -0.3 is 4.74 Å². The maximum atomic E-state index is 11.4. The van der Waals surface area contributed by atoms with Crippen molar-refractivity contribution in [1.82, 2.24) is 0 Å². The molecule has 0 unspecified atom stereocenters. The highest BCUT2D eigenvalue weighted by Gasteiger charge is 2.22. The number of esters is 1. The van der Waals surface area contributed by atoms with Crippen molar-refractivity contribution >= 4 is 39.2 Å². The van der Waals surface area contributed by atoms with E-state index in [1.165, 1.54) is 12.1 Å². The third-order valence-corrected chi connectivity index (χ3v) is 2.57. The van der Waals surface area contributed by atoms with Gasteiger partial charge >= 0.3 is 5.97 Å². The summed E-state index contributed by atoms with van der Waals surface area (Å²) in [6, 6.07) is 2.61. The van der Waals surface area contributed by atoms with E-state index >= 15 is 0 Å². The number of nitro benzene ring substituents is 1. The van der Waals surface area contributed by atoms with Crippen molar-refractivity contribution in [3.05, 3.63) is 37.3 Å². The van der Waals surface area contributed by atoms with Crippen LogP contribution >= 0.6 is 27.5 Å². The lowest BCUT2D eigenvalue weighted by Crippen LogP contribution is -2.06. The number of hydrogen-bond acceptors (Lipinski definition) is 4. The molecule has 1 aromatic carbocycles. The maximum Gasteiger partial charge on any atom is 0.339 e. The largest absolute Gasteiger partial charge is 0.462 e. The lowest BCUT2D eigenvalue weighted by atomic mass is 10.2. The topological polar surface area (TPSA) is 69.4 Å². The molecule has 0 aliphatic heterocycles. The third-order valence-electron chi connectivity index (χ3n) is 1.71. The first-order valence-corrected chi connectivity index (χ1v) is 5.45. The van der Waals surface area contributed by atoms with Crippen LogP contribution in [-0.4, -0.2) is 17.5 Å². The Kier molecular flexibility index (Phi) is 4.26. The number of halogens is 2. The van der Waals surface area contributed by atoms with E-state index in [1.54, 1.807) is 6.92 Å². The number of carbonyl (C=O) groups is 1. The van der Waals surface area contributed by atoms with Crippen LogP contribution in [0.4, 0.5) is 5.69 Å². The van der Waals surface area contributed by atoms with Gasteiger partial charge in [-0.3, -0.25) is 10.1 Å². The van der Waals surface area contributed by atoms with E-state index in [-0.39, 0.29) is 22.9 Å². The summed E-state index contributed by atoms with van der Waals surface area (Å²) in [5.74, 6) is -0.683. The zero-order valence-corrected chi connectivity index (χ0v) is 10.5. The molecule has 5 nitrogen and oxygen atoms in total. The molecule has 1 aromatic rings. The van der Waals surface area contributed by atoms with Gasteiger partial charge in [0.1, 0.15) is 5.02 Å².